The smallest absolute Gasteiger partial charge is 0.295 e. The van der Waals surface area contributed by atoms with Gasteiger partial charge in [0.25, 0.3) is 40.5 Å². The first kappa shape index (κ1) is 43.5. The first-order valence-corrected chi connectivity index (χ1v) is 21.5. The summed E-state index contributed by atoms with van der Waals surface area (Å²) in [6.07, 6.45) is 0. The molecule has 0 radical (unpaired) electrons. The van der Waals surface area contributed by atoms with Crippen molar-refractivity contribution in [3.8, 4) is 23.7 Å². The summed E-state index contributed by atoms with van der Waals surface area (Å²) in [5, 5.41) is 12.2. The van der Waals surface area contributed by atoms with E-state index in [0.717, 1.165) is 48.5 Å². The molecule has 0 aliphatic carbocycles. The third-order valence-electron chi connectivity index (χ3n) is 6.76. The predicted molar refractivity (Wildman–Crippen MR) is 200 cm³/mol. The van der Waals surface area contributed by atoms with Gasteiger partial charge in [-0.05, 0) is 72.8 Å². The molecule has 4 rings (SSSR count). The fourth-order valence-electron chi connectivity index (χ4n) is 4.39. The van der Waals surface area contributed by atoms with Crippen LogP contribution in [0.4, 0.5) is 22.7 Å². The minimum absolute atomic E-state index is 0.0545. The van der Waals surface area contributed by atoms with Crippen molar-refractivity contribution in [3.05, 3.63) is 95.1 Å². The molecule has 18 nitrogen and oxygen atoms in total. The number of nitrogens with one attached hydrogen (secondary N) is 2. The fourth-order valence-corrected chi connectivity index (χ4v) is 7.20. The topological polar surface area (TPSA) is 300 Å². The van der Waals surface area contributed by atoms with Crippen molar-refractivity contribution in [2.45, 2.75) is 19.6 Å². The first-order chi connectivity index (χ1) is 26.0. The minimum atomic E-state index is -5.02. The molecule has 4 aromatic carbocycles. The Balaban J connectivity index is 1.71. The Labute approximate surface area is 329 Å². The molecule has 2 amide bonds. The van der Waals surface area contributed by atoms with Gasteiger partial charge < -0.3 is 10.6 Å². The van der Waals surface area contributed by atoms with Gasteiger partial charge in [0.15, 0.2) is 0 Å². The predicted octanol–water partition coefficient (Wildman–Crippen LogP) is 4.24. The number of alkyl halides is 2. The maximum absolute atomic E-state index is 12.3. The lowest BCUT2D eigenvalue weighted by Gasteiger charge is -2.07. The second-order valence-corrected chi connectivity index (χ2v) is 16.8. The van der Waals surface area contributed by atoms with E-state index < -0.39 is 83.6 Å². The standard InChI is InChI=1S/C32H22Cl2N4O14S4/c33-17-31(39)35-23-9-5-19(27(13-23)53(41,42)43)1-3-21-7-11-25(15-29(21)55(47,48)49)37-38-26-12-8-22(30(16-26)56(50,51)52)4-2-20-6-10-24(36-32(40)18-34)14-28(20)54(44,45)46/h5-16H,17-18H2,(H,35,39)(H,36,40)(H,41,42,43)(H,44,45,46)(H,47,48,49)(H,50,51,52). The normalized spacial score (nSPS) is 11.9. The van der Waals surface area contributed by atoms with Gasteiger partial charge in [-0.15, -0.1) is 23.2 Å². The van der Waals surface area contributed by atoms with E-state index in [9.17, 15) is 61.5 Å². The highest BCUT2D eigenvalue weighted by Gasteiger charge is 2.20. The highest BCUT2D eigenvalue weighted by Crippen LogP contribution is 2.28. The highest BCUT2D eigenvalue weighted by atomic mass is 35.5. The molecule has 0 unspecified atom stereocenters. The van der Waals surface area contributed by atoms with E-state index in [0.29, 0.717) is 0 Å². The number of halogens is 2. The summed E-state index contributed by atoms with van der Waals surface area (Å²) in [7, 11) is -19.9. The lowest BCUT2D eigenvalue weighted by atomic mass is 10.1. The summed E-state index contributed by atoms with van der Waals surface area (Å²) in [5.41, 5.74) is -1.96. The maximum Gasteiger partial charge on any atom is 0.295 e. The van der Waals surface area contributed by atoms with Crippen LogP contribution in [0.3, 0.4) is 0 Å². The van der Waals surface area contributed by atoms with E-state index in [4.69, 9.17) is 23.2 Å². The van der Waals surface area contributed by atoms with Crippen molar-refractivity contribution in [1.29, 1.82) is 0 Å². The van der Waals surface area contributed by atoms with E-state index in [2.05, 4.69) is 44.5 Å². The monoisotopic (exact) mass is 884 g/mol. The number of carbonyl (C=O) groups excluding carboxylic acids is 2. The zero-order valence-corrected chi connectivity index (χ0v) is 32.3. The van der Waals surface area contributed by atoms with Crippen LogP contribution in [0.25, 0.3) is 0 Å². The van der Waals surface area contributed by atoms with Crippen molar-refractivity contribution in [2.75, 3.05) is 22.4 Å². The Hall–Kier alpha value is -5.24. The van der Waals surface area contributed by atoms with Crippen LogP contribution in [-0.2, 0) is 50.1 Å². The van der Waals surface area contributed by atoms with E-state index >= 15 is 0 Å². The van der Waals surface area contributed by atoms with Gasteiger partial charge in [0.05, 0.1) is 11.4 Å². The van der Waals surface area contributed by atoms with Crippen LogP contribution in [0, 0.1) is 23.7 Å². The van der Waals surface area contributed by atoms with Crippen LogP contribution >= 0.6 is 23.2 Å². The molecule has 4 aromatic rings. The third kappa shape index (κ3) is 11.6. The SMILES string of the molecule is O=C(CCl)Nc1ccc(C#Cc2ccc(N=Nc3ccc(C#Cc4ccc(NC(=O)CCl)cc4S(=O)(=O)O)c(S(=O)(=O)O)c3)cc2S(=O)(=O)O)c(S(=O)(=O)O)c1. The van der Waals surface area contributed by atoms with Crippen LogP contribution in [0.5, 0.6) is 0 Å². The van der Waals surface area contributed by atoms with Crippen molar-refractivity contribution in [1.82, 2.24) is 0 Å². The van der Waals surface area contributed by atoms with Gasteiger partial charge in [-0.25, -0.2) is 0 Å². The Bertz CT molecular complexity index is 2700. The number of azo groups is 1. The number of nitrogens with zero attached hydrogens (tertiary/aromatic N) is 2. The molecule has 24 heteroatoms. The molecule has 0 aliphatic heterocycles. The van der Waals surface area contributed by atoms with E-state index in [1.165, 1.54) is 24.3 Å². The van der Waals surface area contributed by atoms with E-state index in [1.807, 2.05) is 0 Å². The van der Waals surface area contributed by atoms with Gasteiger partial charge >= 0.3 is 0 Å². The van der Waals surface area contributed by atoms with Crippen LogP contribution in [0.1, 0.15) is 22.3 Å². The summed E-state index contributed by atoms with van der Waals surface area (Å²) >= 11 is 10.9. The largest absolute Gasteiger partial charge is 0.325 e. The Morgan fingerprint density at radius 1 is 0.482 bits per heavy atom. The summed E-state index contributed by atoms with van der Waals surface area (Å²) in [6, 6.07) is 12.5. The number of anilines is 2. The quantitative estimate of drug-likeness (QED) is 0.0562. The second kappa shape index (κ2) is 17.3. The number of benzene rings is 4. The number of amides is 2. The molecule has 0 aliphatic rings. The van der Waals surface area contributed by atoms with E-state index in [-0.39, 0.29) is 45.0 Å². The maximum atomic E-state index is 12.3. The molecule has 0 aromatic heterocycles. The van der Waals surface area contributed by atoms with Gasteiger partial charge in [-0.2, -0.15) is 43.9 Å². The number of hydrogen-bond acceptors (Lipinski definition) is 12. The molecule has 0 saturated carbocycles. The van der Waals surface area contributed by atoms with E-state index in [1.54, 1.807) is 0 Å². The Morgan fingerprint density at radius 3 is 1.02 bits per heavy atom. The van der Waals surface area contributed by atoms with Crippen LogP contribution < -0.4 is 10.6 Å². The van der Waals surface area contributed by atoms with Crippen LogP contribution in [-0.4, -0.2) is 75.5 Å². The number of carbonyl (C=O) groups is 2. The average Bonchev–Trinajstić information content (AvgIpc) is 3.11. The molecule has 0 bridgehead atoms. The molecule has 0 spiro atoms. The first-order valence-electron chi connectivity index (χ1n) is 14.6. The number of hydrogen-bond donors (Lipinski definition) is 6. The third-order valence-corrected chi connectivity index (χ3v) is 10.8. The van der Waals surface area contributed by atoms with Crippen molar-refractivity contribution in [2.24, 2.45) is 10.2 Å². The van der Waals surface area contributed by atoms with Gasteiger partial charge in [0.1, 0.15) is 31.3 Å². The molecular weight excluding hydrogens is 864 g/mol. The molecular formula is C32H22Cl2N4O14S4. The average molecular weight is 886 g/mol. The summed E-state index contributed by atoms with van der Waals surface area (Å²) in [6.45, 7) is 0. The summed E-state index contributed by atoms with van der Waals surface area (Å²) in [4.78, 5) is 20.0. The zero-order chi connectivity index (χ0) is 41.6. The fraction of sp³-hybridized carbons (Fsp3) is 0.0625. The molecule has 0 fully saturated rings. The zero-order valence-electron chi connectivity index (χ0n) is 27.5. The van der Waals surface area contributed by atoms with Crippen molar-refractivity contribution in [3.63, 3.8) is 0 Å². The second-order valence-electron chi connectivity index (χ2n) is 10.7. The Kier molecular flexibility index (Phi) is 13.4. The minimum Gasteiger partial charge on any atom is -0.325 e. The lowest BCUT2D eigenvalue weighted by Crippen LogP contribution is -2.13. The van der Waals surface area contributed by atoms with Crippen LogP contribution in [0.15, 0.2) is 103 Å². The van der Waals surface area contributed by atoms with Crippen LogP contribution in [0.2, 0.25) is 0 Å². The highest BCUT2D eigenvalue weighted by molar-refractivity contribution is 7.86. The molecule has 0 atom stereocenters. The van der Waals surface area contributed by atoms with Crippen molar-refractivity contribution >= 4 is 98.2 Å². The molecule has 292 valence electrons. The number of rotatable bonds is 10. The van der Waals surface area contributed by atoms with Gasteiger partial charge in [-0.3, -0.25) is 27.8 Å². The summed E-state index contributed by atoms with van der Waals surface area (Å²) in [5.74, 6) is 7.24. The molecule has 56 heavy (non-hydrogen) atoms. The molecule has 6 N–H and O–H groups in total. The van der Waals surface area contributed by atoms with Gasteiger partial charge in [0, 0.05) is 33.6 Å². The van der Waals surface area contributed by atoms with Crippen molar-refractivity contribution < 1.29 is 61.5 Å². The van der Waals surface area contributed by atoms with Gasteiger partial charge in [-0.1, -0.05) is 23.7 Å². The molecule has 0 heterocycles. The van der Waals surface area contributed by atoms with Gasteiger partial charge in [0.2, 0.25) is 11.8 Å². The summed E-state index contributed by atoms with van der Waals surface area (Å²) < 4.78 is 136. The lowest BCUT2D eigenvalue weighted by molar-refractivity contribution is -0.114. The molecule has 0 saturated heterocycles. The Morgan fingerprint density at radius 2 is 0.750 bits per heavy atom.